The van der Waals surface area contributed by atoms with Crippen LogP contribution in [0.2, 0.25) is 10.0 Å². The van der Waals surface area contributed by atoms with Gasteiger partial charge in [-0.25, -0.2) is 0 Å². The molecule has 0 aromatic heterocycles. The molecule has 7 nitrogen and oxygen atoms in total. The van der Waals surface area contributed by atoms with Gasteiger partial charge in [-0.1, -0.05) is 29.3 Å². The number of halogens is 2. The molecule has 3 aromatic carbocycles. The summed E-state index contributed by atoms with van der Waals surface area (Å²) >= 11 is 11.7. The van der Waals surface area contributed by atoms with E-state index in [1.807, 2.05) is 32.0 Å². The Bertz CT molecular complexity index is 1230. The number of benzene rings is 3. The highest BCUT2D eigenvalue weighted by molar-refractivity contribution is 6.42. The number of rotatable bonds is 9. The summed E-state index contributed by atoms with van der Waals surface area (Å²) in [6, 6.07) is 17.3. The van der Waals surface area contributed by atoms with Crippen molar-refractivity contribution in [3.63, 3.8) is 0 Å². The van der Waals surface area contributed by atoms with Crippen molar-refractivity contribution in [2.45, 2.75) is 26.7 Å². The van der Waals surface area contributed by atoms with Crippen LogP contribution in [-0.2, 0) is 19.1 Å². The Morgan fingerprint density at radius 2 is 1.37 bits per heavy atom. The van der Waals surface area contributed by atoms with Crippen LogP contribution < -0.4 is 15.4 Å². The molecule has 0 atom stereocenters. The zero-order chi connectivity index (χ0) is 25.4. The maximum atomic E-state index is 12.1. The van der Waals surface area contributed by atoms with Gasteiger partial charge >= 0.3 is 5.97 Å². The molecule has 0 aliphatic carbocycles. The zero-order valence-electron chi connectivity index (χ0n) is 19.2. The van der Waals surface area contributed by atoms with Gasteiger partial charge in [0, 0.05) is 17.8 Å². The molecule has 3 rings (SSSR count). The van der Waals surface area contributed by atoms with Gasteiger partial charge in [-0.2, -0.15) is 0 Å². The molecule has 35 heavy (non-hydrogen) atoms. The normalized spacial score (nSPS) is 10.4. The van der Waals surface area contributed by atoms with Crippen LogP contribution in [0, 0.1) is 13.8 Å². The molecular weight excluding hydrogens is 491 g/mol. The maximum Gasteiger partial charge on any atom is 0.306 e. The van der Waals surface area contributed by atoms with Crippen molar-refractivity contribution >= 4 is 52.4 Å². The third-order valence-corrected chi connectivity index (χ3v) is 5.71. The smallest absolute Gasteiger partial charge is 0.306 e. The summed E-state index contributed by atoms with van der Waals surface area (Å²) in [6.07, 6.45) is -0.256. The Hall–Kier alpha value is -3.55. The Morgan fingerprint density at radius 1 is 0.714 bits per heavy atom. The molecule has 2 N–H and O–H groups in total. The number of ether oxygens (including phenoxy) is 2. The van der Waals surface area contributed by atoms with Gasteiger partial charge < -0.3 is 20.1 Å². The zero-order valence-corrected chi connectivity index (χ0v) is 20.7. The standard InChI is InChI=1S/C26H24Cl2N2O5/c1-16-3-7-21(13-17(16)2)35-20-8-4-18(5-9-20)29-24(31)11-12-26(33)34-15-25(32)30-19-6-10-22(27)23(28)14-19/h3-10,13-14H,11-12,15H2,1-2H3,(H,29,31)(H,30,32). The Balaban J connectivity index is 1.38. The van der Waals surface area contributed by atoms with Crippen molar-refractivity contribution in [2.75, 3.05) is 17.2 Å². The predicted molar refractivity (Wildman–Crippen MR) is 136 cm³/mol. The van der Waals surface area contributed by atoms with Crippen LogP contribution in [0.1, 0.15) is 24.0 Å². The molecule has 0 unspecified atom stereocenters. The number of nitrogens with one attached hydrogen (secondary N) is 2. The van der Waals surface area contributed by atoms with Crippen LogP contribution in [0.15, 0.2) is 60.7 Å². The van der Waals surface area contributed by atoms with Crippen LogP contribution in [0.4, 0.5) is 11.4 Å². The Labute approximate surface area is 213 Å². The number of amides is 2. The summed E-state index contributed by atoms with van der Waals surface area (Å²) in [7, 11) is 0. The minimum atomic E-state index is -0.665. The van der Waals surface area contributed by atoms with Crippen molar-refractivity contribution in [1.29, 1.82) is 0 Å². The quantitative estimate of drug-likeness (QED) is 0.326. The molecule has 2 amide bonds. The van der Waals surface area contributed by atoms with E-state index in [-0.39, 0.29) is 23.8 Å². The third-order valence-electron chi connectivity index (χ3n) is 4.98. The molecule has 3 aromatic rings. The van der Waals surface area contributed by atoms with Crippen LogP contribution in [0.3, 0.4) is 0 Å². The lowest BCUT2D eigenvalue weighted by molar-refractivity contribution is -0.147. The SMILES string of the molecule is Cc1ccc(Oc2ccc(NC(=O)CCC(=O)OCC(=O)Nc3ccc(Cl)c(Cl)c3)cc2)cc1C. The highest BCUT2D eigenvalue weighted by atomic mass is 35.5. The summed E-state index contributed by atoms with van der Waals surface area (Å²) in [6.45, 7) is 3.57. The van der Waals surface area contributed by atoms with Crippen LogP contribution in [0.5, 0.6) is 11.5 Å². The molecule has 0 heterocycles. The van der Waals surface area contributed by atoms with Crippen LogP contribution >= 0.6 is 23.2 Å². The monoisotopic (exact) mass is 514 g/mol. The maximum absolute atomic E-state index is 12.1. The molecule has 0 fully saturated rings. The number of carbonyl (C=O) groups is 3. The molecule has 0 spiro atoms. The van der Waals surface area contributed by atoms with E-state index in [2.05, 4.69) is 10.6 Å². The predicted octanol–water partition coefficient (Wildman–Crippen LogP) is 6.30. The Morgan fingerprint density at radius 3 is 2.06 bits per heavy atom. The van der Waals surface area contributed by atoms with Crippen molar-refractivity contribution in [1.82, 2.24) is 0 Å². The summed E-state index contributed by atoms with van der Waals surface area (Å²) in [5, 5.41) is 5.89. The fraction of sp³-hybridized carbons (Fsp3) is 0.192. The fourth-order valence-electron chi connectivity index (χ4n) is 2.95. The highest BCUT2D eigenvalue weighted by Crippen LogP contribution is 2.26. The van der Waals surface area contributed by atoms with E-state index in [1.54, 1.807) is 30.3 Å². The summed E-state index contributed by atoms with van der Waals surface area (Å²) < 4.78 is 10.7. The lowest BCUT2D eigenvalue weighted by atomic mass is 10.1. The topological polar surface area (TPSA) is 93.7 Å². The van der Waals surface area contributed by atoms with Gasteiger partial charge in [0.2, 0.25) is 5.91 Å². The van der Waals surface area contributed by atoms with Crippen LogP contribution in [-0.4, -0.2) is 24.4 Å². The van der Waals surface area contributed by atoms with Gasteiger partial charge in [-0.05, 0) is 79.6 Å². The molecule has 0 radical (unpaired) electrons. The first-order chi connectivity index (χ1) is 16.7. The van der Waals surface area contributed by atoms with E-state index >= 15 is 0 Å². The first-order valence-corrected chi connectivity index (χ1v) is 11.5. The summed E-state index contributed by atoms with van der Waals surface area (Å²) in [5.74, 6) is -0.195. The van der Waals surface area contributed by atoms with E-state index in [0.717, 1.165) is 11.3 Å². The van der Waals surface area contributed by atoms with E-state index in [0.29, 0.717) is 22.1 Å². The van der Waals surface area contributed by atoms with Crippen LogP contribution in [0.25, 0.3) is 0 Å². The Kier molecular flexibility index (Phi) is 9.11. The van der Waals surface area contributed by atoms with Gasteiger partial charge in [0.05, 0.1) is 16.5 Å². The lowest BCUT2D eigenvalue weighted by Crippen LogP contribution is -2.21. The number of esters is 1. The second-order valence-electron chi connectivity index (χ2n) is 7.76. The average Bonchev–Trinajstić information content (AvgIpc) is 2.82. The van der Waals surface area contributed by atoms with Gasteiger partial charge in [-0.15, -0.1) is 0 Å². The molecule has 0 aliphatic heterocycles. The van der Waals surface area contributed by atoms with Gasteiger partial charge in [0.1, 0.15) is 11.5 Å². The first-order valence-electron chi connectivity index (χ1n) is 10.7. The molecular formula is C26H24Cl2N2O5. The van der Waals surface area contributed by atoms with E-state index in [1.165, 1.54) is 17.7 Å². The number of aryl methyl sites for hydroxylation is 2. The minimum Gasteiger partial charge on any atom is -0.457 e. The number of anilines is 2. The molecule has 0 saturated heterocycles. The second kappa shape index (κ2) is 12.2. The largest absolute Gasteiger partial charge is 0.457 e. The van der Waals surface area contributed by atoms with Crippen molar-refractivity contribution in [3.8, 4) is 11.5 Å². The van der Waals surface area contributed by atoms with Gasteiger partial charge in [0.25, 0.3) is 5.91 Å². The van der Waals surface area contributed by atoms with E-state index < -0.39 is 18.5 Å². The minimum absolute atomic E-state index is 0.0891. The average molecular weight is 515 g/mol. The number of hydrogen-bond donors (Lipinski definition) is 2. The third kappa shape index (κ3) is 8.31. The van der Waals surface area contributed by atoms with Crippen molar-refractivity contribution in [3.05, 3.63) is 81.8 Å². The number of hydrogen-bond acceptors (Lipinski definition) is 5. The first kappa shape index (κ1) is 26.1. The lowest BCUT2D eigenvalue weighted by Gasteiger charge is -2.10. The van der Waals surface area contributed by atoms with Gasteiger partial charge in [0.15, 0.2) is 6.61 Å². The second-order valence-corrected chi connectivity index (χ2v) is 8.57. The molecule has 9 heteroatoms. The summed E-state index contributed by atoms with van der Waals surface area (Å²) in [5.41, 5.74) is 3.31. The molecule has 182 valence electrons. The molecule has 0 aliphatic rings. The van der Waals surface area contributed by atoms with Crippen molar-refractivity contribution < 1.29 is 23.9 Å². The van der Waals surface area contributed by atoms with Crippen molar-refractivity contribution in [2.24, 2.45) is 0 Å². The highest BCUT2D eigenvalue weighted by Gasteiger charge is 2.12. The van der Waals surface area contributed by atoms with Gasteiger partial charge in [-0.3, -0.25) is 14.4 Å². The molecule has 0 saturated carbocycles. The van der Waals surface area contributed by atoms with E-state index in [9.17, 15) is 14.4 Å². The van der Waals surface area contributed by atoms with E-state index in [4.69, 9.17) is 32.7 Å². The summed E-state index contributed by atoms with van der Waals surface area (Å²) in [4.78, 5) is 35.9. The fourth-order valence-corrected chi connectivity index (χ4v) is 3.25. The molecule has 0 bridgehead atoms. The number of carbonyl (C=O) groups excluding carboxylic acids is 3.